The summed E-state index contributed by atoms with van der Waals surface area (Å²) in [6.45, 7) is 14.2. The molecule has 0 bridgehead atoms. The molecule has 0 aliphatic carbocycles. The number of hydrogen-bond donors (Lipinski definition) is 0. The van der Waals surface area contributed by atoms with Crippen molar-refractivity contribution in [2.45, 2.75) is 39.9 Å². The van der Waals surface area contributed by atoms with Gasteiger partial charge in [0.2, 0.25) is 0 Å². The standard InChI is InChI=1S/C11H23NS/c1-9(2)13-8-12-6-10(7-12)11(3,4)5/h9-10H,6-8H2,1-5H3. The maximum atomic E-state index is 2.56. The predicted molar refractivity (Wildman–Crippen MR) is 62.1 cm³/mol. The van der Waals surface area contributed by atoms with Gasteiger partial charge in [-0.25, -0.2) is 0 Å². The van der Waals surface area contributed by atoms with Crippen molar-refractivity contribution in [3.05, 3.63) is 0 Å². The summed E-state index contributed by atoms with van der Waals surface area (Å²) in [7, 11) is 0. The van der Waals surface area contributed by atoms with E-state index in [4.69, 9.17) is 0 Å². The van der Waals surface area contributed by atoms with E-state index in [1.807, 2.05) is 0 Å². The van der Waals surface area contributed by atoms with Crippen LogP contribution in [0.15, 0.2) is 0 Å². The average molecular weight is 201 g/mol. The average Bonchev–Trinajstić information content (AvgIpc) is 1.79. The maximum absolute atomic E-state index is 2.56. The lowest BCUT2D eigenvalue weighted by atomic mass is 9.76. The molecule has 0 aromatic carbocycles. The molecule has 1 nitrogen and oxygen atoms in total. The summed E-state index contributed by atoms with van der Waals surface area (Å²) >= 11 is 2.05. The second-order valence-electron chi connectivity index (χ2n) is 5.44. The van der Waals surface area contributed by atoms with Crippen LogP contribution in [0.4, 0.5) is 0 Å². The van der Waals surface area contributed by atoms with Crippen molar-refractivity contribution < 1.29 is 0 Å². The molecule has 13 heavy (non-hydrogen) atoms. The second kappa shape index (κ2) is 4.22. The number of likely N-dealkylation sites (tertiary alicyclic amines) is 1. The quantitative estimate of drug-likeness (QED) is 0.690. The molecule has 1 heterocycles. The smallest absolute Gasteiger partial charge is 0.0447 e. The molecular formula is C11H23NS. The molecule has 0 aromatic heterocycles. The van der Waals surface area contributed by atoms with Gasteiger partial charge >= 0.3 is 0 Å². The van der Waals surface area contributed by atoms with Crippen LogP contribution >= 0.6 is 11.8 Å². The van der Waals surface area contributed by atoms with E-state index in [1.54, 1.807) is 0 Å². The first-order chi connectivity index (χ1) is 5.89. The van der Waals surface area contributed by atoms with E-state index in [1.165, 1.54) is 19.0 Å². The summed E-state index contributed by atoms with van der Waals surface area (Å²) in [5.74, 6) is 2.14. The molecular weight excluding hydrogens is 178 g/mol. The van der Waals surface area contributed by atoms with E-state index >= 15 is 0 Å². The van der Waals surface area contributed by atoms with Crippen molar-refractivity contribution in [2.24, 2.45) is 11.3 Å². The summed E-state index contributed by atoms with van der Waals surface area (Å²) in [5.41, 5.74) is 0.513. The van der Waals surface area contributed by atoms with Crippen LogP contribution in [0.1, 0.15) is 34.6 Å². The van der Waals surface area contributed by atoms with Crippen molar-refractivity contribution >= 4 is 11.8 Å². The van der Waals surface area contributed by atoms with Crippen LogP contribution in [-0.4, -0.2) is 29.1 Å². The fourth-order valence-corrected chi connectivity index (χ4v) is 2.20. The molecule has 78 valence electrons. The molecule has 0 radical (unpaired) electrons. The van der Waals surface area contributed by atoms with Crippen molar-refractivity contribution in [3.63, 3.8) is 0 Å². The van der Waals surface area contributed by atoms with Gasteiger partial charge in [0.05, 0.1) is 0 Å². The molecule has 2 heteroatoms. The van der Waals surface area contributed by atoms with Gasteiger partial charge in [0, 0.05) is 24.2 Å². The Morgan fingerprint density at radius 1 is 1.31 bits per heavy atom. The molecule has 1 aliphatic rings. The molecule has 0 atom stereocenters. The third-order valence-electron chi connectivity index (χ3n) is 2.77. The number of rotatable bonds is 3. The Morgan fingerprint density at radius 2 is 1.85 bits per heavy atom. The lowest BCUT2D eigenvalue weighted by Gasteiger charge is -2.46. The minimum atomic E-state index is 0.513. The lowest BCUT2D eigenvalue weighted by Crippen LogP contribution is -2.51. The highest BCUT2D eigenvalue weighted by atomic mass is 32.2. The van der Waals surface area contributed by atoms with Crippen molar-refractivity contribution in [1.29, 1.82) is 0 Å². The third-order valence-corrected chi connectivity index (χ3v) is 3.95. The van der Waals surface area contributed by atoms with E-state index in [0.717, 1.165) is 11.2 Å². The van der Waals surface area contributed by atoms with Crippen molar-refractivity contribution in [2.75, 3.05) is 19.0 Å². The highest BCUT2D eigenvalue weighted by Gasteiger charge is 2.35. The molecule has 1 saturated heterocycles. The first-order valence-electron chi connectivity index (χ1n) is 5.23. The molecule has 0 amide bonds. The fraction of sp³-hybridized carbons (Fsp3) is 1.00. The summed E-state index contributed by atoms with van der Waals surface area (Å²) in [6, 6.07) is 0. The normalized spacial score (nSPS) is 20.8. The molecule has 0 N–H and O–H groups in total. The van der Waals surface area contributed by atoms with Gasteiger partial charge in [-0.3, -0.25) is 4.90 Å². The van der Waals surface area contributed by atoms with Gasteiger partial charge in [-0.1, -0.05) is 34.6 Å². The minimum Gasteiger partial charge on any atom is -0.293 e. The van der Waals surface area contributed by atoms with Gasteiger partial charge in [-0.15, -0.1) is 11.8 Å². The Hall–Kier alpha value is 0.310. The van der Waals surface area contributed by atoms with E-state index < -0.39 is 0 Å². The molecule has 0 saturated carbocycles. The summed E-state index contributed by atoms with van der Waals surface area (Å²) in [6.07, 6.45) is 0. The van der Waals surface area contributed by atoms with Crippen LogP contribution in [0.5, 0.6) is 0 Å². The largest absolute Gasteiger partial charge is 0.293 e. The zero-order chi connectivity index (χ0) is 10.1. The highest BCUT2D eigenvalue weighted by Crippen LogP contribution is 2.34. The Balaban J connectivity index is 2.12. The van der Waals surface area contributed by atoms with E-state index in [0.29, 0.717) is 5.41 Å². The number of thioether (sulfide) groups is 1. The lowest BCUT2D eigenvalue weighted by molar-refractivity contribution is 0.0407. The number of nitrogens with zero attached hydrogens (tertiary/aromatic N) is 1. The van der Waals surface area contributed by atoms with Crippen LogP contribution in [0.2, 0.25) is 0 Å². The van der Waals surface area contributed by atoms with Crippen molar-refractivity contribution in [1.82, 2.24) is 4.90 Å². The molecule has 0 unspecified atom stereocenters. The topological polar surface area (TPSA) is 3.24 Å². The van der Waals surface area contributed by atoms with Crippen LogP contribution in [0.3, 0.4) is 0 Å². The molecule has 1 rings (SSSR count). The Bertz CT molecular complexity index is 154. The Morgan fingerprint density at radius 3 is 2.23 bits per heavy atom. The molecule has 0 aromatic rings. The van der Waals surface area contributed by atoms with Gasteiger partial charge in [0.15, 0.2) is 0 Å². The zero-order valence-corrected chi connectivity index (χ0v) is 10.4. The second-order valence-corrected chi connectivity index (χ2v) is 6.98. The monoisotopic (exact) mass is 201 g/mol. The summed E-state index contributed by atoms with van der Waals surface area (Å²) in [4.78, 5) is 2.56. The van der Waals surface area contributed by atoms with Crippen LogP contribution in [-0.2, 0) is 0 Å². The molecule has 1 aliphatic heterocycles. The Kier molecular flexibility index (Phi) is 3.70. The van der Waals surface area contributed by atoms with Gasteiger partial charge in [0.1, 0.15) is 0 Å². The SMILES string of the molecule is CC(C)SCN1CC(C(C)(C)C)C1. The number of hydrogen-bond acceptors (Lipinski definition) is 2. The van der Waals surface area contributed by atoms with E-state index in [9.17, 15) is 0 Å². The summed E-state index contributed by atoms with van der Waals surface area (Å²) < 4.78 is 0. The van der Waals surface area contributed by atoms with E-state index in [2.05, 4.69) is 51.3 Å². The maximum Gasteiger partial charge on any atom is 0.0447 e. The van der Waals surface area contributed by atoms with Gasteiger partial charge < -0.3 is 0 Å². The van der Waals surface area contributed by atoms with Crippen LogP contribution < -0.4 is 0 Å². The Labute approximate surface area is 87.3 Å². The van der Waals surface area contributed by atoms with Gasteiger partial charge in [0.25, 0.3) is 0 Å². The molecule has 1 fully saturated rings. The van der Waals surface area contributed by atoms with Crippen LogP contribution in [0, 0.1) is 11.3 Å². The third kappa shape index (κ3) is 3.51. The van der Waals surface area contributed by atoms with Gasteiger partial charge in [-0.2, -0.15) is 0 Å². The first-order valence-corrected chi connectivity index (χ1v) is 6.28. The predicted octanol–water partition coefficient (Wildman–Crippen LogP) is 3.06. The molecule has 0 spiro atoms. The van der Waals surface area contributed by atoms with E-state index in [-0.39, 0.29) is 0 Å². The first kappa shape index (κ1) is 11.4. The van der Waals surface area contributed by atoms with Gasteiger partial charge in [-0.05, 0) is 11.3 Å². The fourth-order valence-electron chi connectivity index (χ4n) is 1.48. The van der Waals surface area contributed by atoms with Crippen molar-refractivity contribution in [3.8, 4) is 0 Å². The minimum absolute atomic E-state index is 0.513. The summed E-state index contributed by atoms with van der Waals surface area (Å²) in [5, 5.41) is 0.772. The zero-order valence-electron chi connectivity index (χ0n) is 9.63. The van der Waals surface area contributed by atoms with Crippen LogP contribution in [0.25, 0.3) is 0 Å². The highest BCUT2D eigenvalue weighted by molar-refractivity contribution is 7.99.